The third-order valence-corrected chi connectivity index (χ3v) is 3.59. The van der Waals surface area contributed by atoms with E-state index in [9.17, 15) is 9.59 Å². The van der Waals surface area contributed by atoms with E-state index in [1.165, 1.54) is 12.1 Å². The summed E-state index contributed by atoms with van der Waals surface area (Å²) in [6, 6.07) is 13.7. The minimum Gasteiger partial charge on any atom is -1.00 e. The zero-order valence-corrected chi connectivity index (χ0v) is 16.8. The molecule has 0 radical (unpaired) electrons. The van der Waals surface area contributed by atoms with Crippen LogP contribution in [-0.2, 0) is 0 Å². The quantitative estimate of drug-likeness (QED) is 0.560. The molecule has 25 heavy (non-hydrogen) atoms. The zero-order chi connectivity index (χ0) is 17.5. The molecule has 0 saturated heterocycles. The van der Waals surface area contributed by atoms with Crippen molar-refractivity contribution in [3.63, 3.8) is 0 Å². The fourth-order valence-electron chi connectivity index (χ4n) is 2.33. The third kappa shape index (κ3) is 6.20. The maximum atomic E-state index is 12.3. The Morgan fingerprint density at radius 1 is 1.12 bits per heavy atom. The first-order chi connectivity index (χ1) is 11.5. The molecule has 0 heterocycles. The van der Waals surface area contributed by atoms with Crippen molar-refractivity contribution in [1.82, 2.24) is 5.32 Å². The fourth-order valence-corrected chi connectivity index (χ4v) is 2.33. The normalized spacial score (nSPS) is 10.0. The maximum Gasteiger partial charge on any atom is 1.00 e. The maximum absolute atomic E-state index is 12.3. The van der Waals surface area contributed by atoms with E-state index in [1.807, 2.05) is 24.3 Å². The summed E-state index contributed by atoms with van der Waals surface area (Å²) in [5, 5.41) is 11.7. The predicted molar refractivity (Wildman–Crippen MR) is 92.9 cm³/mol. The minimum atomic E-state index is -0.974. The average molecular weight is 351 g/mol. The van der Waals surface area contributed by atoms with Gasteiger partial charge in [-0.05, 0) is 41.8 Å². The number of carbonyl (C=O) groups excluding carboxylic acids is 1. The Kier molecular flexibility index (Phi) is 8.69. The Bertz CT molecular complexity index is 720. The number of hydrogen-bond donors (Lipinski definition) is 2. The van der Waals surface area contributed by atoms with Crippen LogP contribution >= 0.6 is 0 Å². The van der Waals surface area contributed by atoms with Gasteiger partial charge in [0, 0.05) is 5.56 Å². The van der Waals surface area contributed by atoms with Crippen LogP contribution in [0.1, 0.15) is 47.5 Å². The molecule has 0 saturated carbocycles. The molecule has 0 unspecified atom stereocenters. The fraction of sp³-hybridized carbons (Fsp3) is 0.263. The van der Waals surface area contributed by atoms with Gasteiger partial charge in [-0.2, -0.15) is 0 Å². The van der Waals surface area contributed by atoms with E-state index in [1.54, 1.807) is 12.1 Å². The Morgan fingerprint density at radius 2 is 1.76 bits per heavy atom. The number of hydrogen-bond acceptors (Lipinski definition) is 3. The molecule has 6 heteroatoms. The molecule has 128 valence electrons. The smallest absolute Gasteiger partial charge is 1.00 e. The minimum absolute atomic E-state index is 0. The summed E-state index contributed by atoms with van der Waals surface area (Å²) in [6.45, 7) is 4.78. The van der Waals surface area contributed by atoms with Crippen LogP contribution < -0.4 is 39.6 Å². The first-order valence-corrected chi connectivity index (χ1v) is 7.82. The molecule has 0 aliphatic heterocycles. The molecule has 0 atom stereocenters. The summed E-state index contributed by atoms with van der Waals surface area (Å²) in [5.74, 6) is -0.255. The molecule has 2 aromatic carbocycles. The summed E-state index contributed by atoms with van der Waals surface area (Å²) in [6.07, 6.45) is 0. The van der Waals surface area contributed by atoms with Gasteiger partial charge in [0.15, 0.2) is 0 Å². The topological polar surface area (TPSA) is 75.6 Å². The first-order valence-electron chi connectivity index (χ1n) is 7.82. The summed E-state index contributed by atoms with van der Waals surface area (Å²) in [7, 11) is 0. The van der Waals surface area contributed by atoms with Gasteiger partial charge in [0.05, 0.1) is 12.1 Å². The van der Waals surface area contributed by atoms with Crippen molar-refractivity contribution < 1.29 is 50.4 Å². The number of carboxylic acids is 1. The van der Waals surface area contributed by atoms with Crippen molar-refractivity contribution in [2.75, 3.05) is 13.2 Å². The molecule has 0 spiro atoms. The first kappa shape index (κ1) is 21.2. The van der Waals surface area contributed by atoms with Crippen LogP contribution in [0.15, 0.2) is 48.5 Å². The van der Waals surface area contributed by atoms with Gasteiger partial charge < -0.3 is 16.6 Å². The summed E-state index contributed by atoms with van der Waals surface area (Å²) in [4.78, 5) is 23.0. The molecular formula is C19H22NNaO4. The van der Waals surface area contributed by atoms with Gasteiger partial charge in [-0.25, -0.2) is 4.79 Å². The molecule has 0 fully saturated rings. The van der Waals surface area contributed by atoms with Gasteiger partial charge in [0.1, 0.15) is 12.4 Å². The number of rotatable bonds is 7. The number of carbonyl (C=O) groups is 2. The molecular weight excluding hydrogens is 329 g/mol. The van der Waals surface area contributed by atoms with E-state index in [-0.39, 0.29) is 48.4 Å². The molecule has 0 bridgehead atoms. The molecule has 2 aromatic rings. The molecule has 2 N–H and O–H groups in total. The van der Waals surface area contributed by atoms with E-state index >= 15 is 0 Å². The number of nitrogens with one attached hydrogen (secondary N) is 1. The van der Waals surface area contributed by atoms with Gasteiger partial charge in [-0.1, -0.05) is 32.0 Å². The van der Waals surface area contributed by atoms with E-state index in [0.717, 1.165) is 5.56 Å². The second-order valence-corrected chi connectivity index (χ2v) is 5.68. The SMILES string of the molecule is CC(C)c1ccccc1C(=O)NCCOc1ccc(C(=O)O)cc1.[H-].[Na+]. The van der Waals surface area contributed by atoms with Gasteiger partial charge in [-0.15, -0.1) is 0 Å². The summed E-state index contributed by atoms with van der Waals surface area (Å²) in [5.41, 5.74) is 1.90. The van der Waals surface area contributed by atoms with Gasteiger partial charge in [-0.3, -0.25) is 4.79 Å². The van der Waals surface area contributed by atoms with Crippen LogP contribution in [0, 0.1) is 0 Å². The van der Waals surface area contributed by atoms with Crippen molar-refractivity contribution in [3.8, 4) is 5.75 Å². The molecule has 0 aromatic heterocycles. The number of ether oxygens (including phenoxy) is 1. The zero-order valence-electron chi connectivity index (χ0n) is 15.8. The van der Waals surface area contributed by atoms with Crippen LogP contribution in [0.2, 0.25) is 0 Å². The number of amides is 1. The van der Waals surface area contributed by atoms with Crippen LogP contribution in [0.25, 0.3) is 0 Å². The largest absolute Gasteiger partial charge is 1.00 e. The summed E-state index contributed by atoms with van der Waals surface area (Å²) >= 11 is 0. The number of carboxylic acid groups (broad SMARTS) is 1. The van der Waals surface area contributed by atoms with Crippen molar-refractivity contribution in [2.24, 2.45) is 0 Å². The standard InChI is InChI=1S/C19H21NO4.Na.H/c1-13(2)16-5-3-4-6-17(16)18(21)20-11-12-24-15-9-7-14(8-10-15)19(22)23;;/h3-10,13H,11-12H2,1-2H3,(H,20,21)(H,22,23);;/q;+1;-1. The number of benzene rings is 2. The van der Waals surface area contributed by atoms with Gasteiger partial charge >= 0.3 is 35.5 Å². The van der Waals surface area contributed by atoms with Crippen molar-refractivity contribution in [3.05, 3.63) is 65.2 Å². The van der Waals surface area contributed by atoms with Gasteiger partial charge in [0.2, 0.25) is 0 Å². The third-order valence-electron chi connectivity index (χ3n) is 3.59. The average Bonchev–Trinajstić information content (AvgIpc) is 2.58. The molecule has 0 aliphatic rings. The number of aromatic carboxylic acids is 1. The predicted octanol–water partition coefficient (Wildman–Crippen LogP) is 0.434. The molecule has 1 amide bonds. The van der Waals surface area contributed by atoms with E-state index in [4.69, 9.17) is 9.84 Å². The van der Waals surface area contributed by atoms with Crippen LogP contribution in [0.3, 0.4) is 0 Å². The Balaban J connectivity index is 0.00000312. The Morgan fingerprint density at radius 3 is 2.36 bits per heavy atom. The van der Waals surface area contributed by atoms with Crippen LogP contribution in [0.4, 0.5) is 0 Å². The molecule has 5 nitrogen and oxygen atoms in total. The Hall–Kier alpha value is -1.82. The van der Waals surface area contributed by atoms with E-state index in [2.05, 4.69) is 19.2 Å². The second kappa shape index (κ2) is 10.2. The van der Waals surface area contributed by atoms with Crippen molar-refractivity contribution >= 4 is 11.9 Å². The van der Waals surface area contributed by atoms with Gasteiger partial charge in [0.25, 0.3) is 5.91 Å². The monoisotopic (exact) mass is 351 g/mol. The Labute approximate surface area is 171 Å². The molecule has 2 rings (SSSR count). The van der Waals surface area contributed by atoms with E-state index in [0.29, 0.717) is 24.5 Å². The van der Waals surface area contributed by atoms with Crippen molar-refractivity contribution in [1.29, 1.82) is 0 Å². The molecule has 0 aliphatic carbocycles. The van der Waals surface area contributed by atoms with Crippen LogP contribution in [-0.4, -0.2) is 30.1 Å². The van der Waals surface area contributed by atoms with Crippen LogP contribution in [0.5, 0.6) is 5.75 Å². The van der Waals surface area contributed by atoms with Crippen molar-refractivity contribution in [2.45, 2.75) is 19.8 Å². The second-order valence-electron chi connectivity index (χ2n) is 5.68. The summed E-state index contributed by atoms with van der Waals surface area (Å²) < 4.78 is 5.50. The van der Waals surface area contributed by atoms with E-state index < -0.39 is 5.97 Å².